The van der Waals surface area contributed by atoms with E-state index in [2.05, 4.69) is 9.97 Å². The van der Waals surface area contributed by atoms with Crippen molar-refractivity contribution in [1.29, 1.82) is 0 Å². The van der Waals surface area contributed by atoms with Gasteiger partial charge in [0.05, 0.1) is 19.0 Å². The number of methoxy groups -OCH3 is 1. The molecule has 1 heterocycles. The van der Waals surface area contributed by atoms with Crippen molar-refractivity contribution in [2.45, 2.75) is 6.42 Å². The molecule has 4 N–H and O–H groups in total. The zero-order valence-corrected chi connectivity index (χ0v) is 8.30. The summed E-state index contributed by atoms with van der Waals surface area (Å²) in [5, 5.41) is 0. The van der Waals surface area contributed by atoms with Gasteiger partial charge in [-0.3, -0.25) is 4.79 Å². The number of ether oxygens (including phenoxy) is 1. The Morgan fingerprint density at radius 1 is 1.67 bits per heavy atom. The normalized spacial score (nSPS) is 10.5. The maximum absolute atomic E-state index is 10.5. The molecule has 80 valence electrons. The lowest BCUT2D eigenvalue weighted by molar-refractivity contribution is -0.117. The van der Waals surface area contributed by atoms with E-state index in [0.717, 1.165) is 0 Å². The highest BCUT2D eigenvalue weighted by atomic mass is 16.5. The van der Waals surface area contributed by atoms with Crippen molar-refractivity contribution < 1.29 is 9.53 Å². The first-order chi connectivity index (χ1) is 7.13. The molecular weight excluding hydrogens is 196 g/mol. The summed E-state index contributed by atoms with van der Waals surface area (Å²) in [6.45, 7) is 0. The van der Waals surface area contributed by atoms with Crippen molar-refractivity contribution in [3.8, 4) is 5.88 Å². The van der Waals surface area contributed by atoms with Crippen LogP contribution in [0.3, 0.4) is 0 Å². The lowest BCUT2D eigenvalue weighted by Gasteiger charge is -2.01. The van der Waals surface area contributed by atoms with Gasteiger partial charge >= 0.3 is 0 Å². The number of nitrogens with two attached hydrogens (primary N) is 2. The summed E-state index contributed by atoms with van der Waals surface area (Å²) >= 11 is 0. The summed E-state index contributed by atoms with van der Waals surface area (Å²) < 4.78 is 4.89. The van der Waals surface area contributed by atoms with Crippen LogP contribution < -0.4 is 16.2 Å². The van der Waals surface area contributed by atoms with Crippen molar-refractivity contribution >= 4 is 17.8 Å². The molecule has 0 fully saturated rings. The van der Waals surface area contributed by atoms with Crippen LogP contribution in [0, 0.1) is 0 Å². The van der Waals surface area contributed by atoms with Gasteiger partial charge in [-0.15, -0.1) is 0 Å². The van der Waals surface area contributed by atoms with Crippen LogP contribution in [-0.2, 0) is 4.79 Å². The third kappa shape index (κ3) is 3.26. The molecule has 0 bridgehead atoms. The number of carbonyl (C=O) groups is 1. The van der Waals surface area contributed by atoms with Crippen LogP contribution in [0.25, 0.3) is 6.08 Å². The Balaban J connectivity index is 2.78. The zero-order chi connectivity index (χ0) is 11.3. The standard InChI is InChI=1S/C9H12N4O2/c1-15-9-8(11)12-5-6(13-9)3-2-4-7(10)14/h2-3,5H,4H2,1H3,(H2,10,14)(H2,11,12). The summed E-state index contributed by atoms with van der Waals surface area (Å²) in [6, 6.07) is 0. The van der Waals surface area contributed by atoms with E-state index in [1.54, 1.807) is 12.2 Å². The number of carbonyl (C=O) groups excluding carboxylic acids is 1. The van der Waals surface area contributed by atoms with Crippen LogP contribution in [0.2, 0.25) is 0 Å². The van der Waals surface area contributed by atoms with Gasteiger partial charge in [-0.1, -0.05) is 6.08 Å². The number of primary amides is 1. The van der Waals surface area contributed by atoms with Crippen molar-refractivity contribution in [2.24, 2.45) is 5.73 Å². The Labute approximate surface area is 87.0 Å². The van der Waals surface area contributed by atoms with Gasteiger partial charge in [0.15, 0.2) is 5.82 Å². The third-order valence-corrected chi connectivity index (χ3v) is 1.59. The fraction of sp³-hybridized carbons (Fsp3) is 0.222. The van der Waals surface area contributed by atoms with E-state index in [0.29, 0.717) is 5.69 Å². The molecule has 1 aromatic rings. The zero-order valence-electron chi connectivity index (χ0n) is 8.30. The molecule has 0 aliphatic heterocycles. The third-order valence-electron chi connectivity index (χ3n) is 1.59. The largest absolute Gasteiger partial charge is 0.478 e. The second-order valence-electron chi connectivity index (χ2n) is 2.76. The number of anilines is 1. The molecule has 0 aliphatic rings. The number of amides is 1. The topological polar surface area (TPSA) is 104 Å². The average molecular weight is 208 g/mol. The fourth-order valence-corrected chi connectivity index (χ4v) is 0.921. The first kappa shape index (κ1) is 11.0. The Morgan fingerprint density at radius 3 is 3.00 bits per heavy atom. The van der Waals surface area contributed by atoms with E-state index in [1.165, 1.54) is 13.3 Å². The second kappa shape index (κ2) is 4.94. The van der Waals surface area contributed by atoms with Crippen LogP contribution in [0.15, 0.2) is 12.3 Å². The van der Waals surface area contributed by atoms with Gasteiger partial charge in [0.2, 0.25) is 5.91 Å². The monoisotopic (exact) mass is 208 g/mol. The summed E-state index contributed by atoms with van der Waals surface area (Å²) in [5.74, 6) is 0.0856. The van der Waals surface area contributed by atoms with Crippen LogP contribution in [0.5, 0.6) is 5.88 Å². The minimum absolute atomic E-state index is 0.161. The van der Waals surface area contributed by atoms with Gasteiger partial charge in [0.1, 0.15) is 0 Å². The molecule has 0 aromatic carbocycles. The maximum Gasteiger partial charge on any atom is 0.257 e. The minimum Gasteiger partial charge on any atom is -0.478 e. The molecule has 0 saturated carbocycles. The van der Waals surface area contributed by atoms with E-state index in [1.807, 2.05) is 0 Å². The molecule has 6 nitrogen and oxygen atoms in total. The molecule has 0 radical (unpaired) electrons. The molecule has 15 heavy (non-hydrogen) atoms. The number of aromatic nitrogens is 2. The highest BCUT2D eigenvalue weighted by Gasteiger charge is 2.01. The molecule has 0 unspecified atom stereocenters. The Bertz CT molecular complexity index is 390. The van der Waals surface area contributed by atoms with Gasteiger partial charge in [0.25, 0.3) is 5.88 Å². The van der Waals surface area contributed by atoms with E-state index in [-0.39, 0.29) is 18.1 Å². The van der Waals surface area contributed by atoms with Crippen LogP contribution in [0.4, 0.5) is 5.82 Å². The number of hydrogen-bond acceptors (Lipinski definition) is 5. The SMILES string of the molecule is COc1nc(C=CCC(N)=O)cnc1N. The van der Waals surface area contributed by atoms with Crippen LogP contribution in [-0.4, -0.2) is 23.0 Å². The predicted molar refractivity (Wildman–Crippen MR) is 55.8 cm³/mol. The van der Waals surface area contributed by atoms with Gasteiger partial charge in [-0.25, -0.2) is 9.97 Å². The molecule has 6 heteroatoms. The van der Waals surface area contributed by atoms with Crippen molar-refractivity contribution in [3.63, 3.8) is 0 Å². The van der Waals surface area contributed by atoms with Gasteiger partial charge in [-0.05, 0) is 6.08 Å². The van der Waals surface area contributed by atoms with Crippen molar-refractivity contribution in [2.75, 3.05) is 12.8 Å². The van der Waals surface area contributed by atoms with Gasteiger partial charge < -0.3 is 16.2 Å². The Hall–Kier alpha value is -2.11. The van der Waals surface area contributed by atoms with Crippen LogP contribution in [0.1, 0.15) is 12.1 Å². The Morgan fingerprint density at radius 2 is 2.40 bits per heavy atom. The lowest BCUT2D eigenvalue weighted by atomic mass is 10.3. The number of rotatable bonds is 4. The molecule has 0 spiro atoms. The Kier molecular flexibility index (Phi) is 3.61. The fourth-order valence-electron chi connectivity index (χ4n) is 0.921. The summed E-state index contributed by atoms with van der Waals surface area (Å²) in [5.41, 5.74) is 11.0. The molecule has 1 aromatic heterocycles. The summed E-state index contributed by atoms with van der Waals surface area (Å²) in [4.78, 5) is 18.4. The number of hydrogen-bond donors (Lipinski definition) is 2. The highest BCUT2D eigenvalue weighted by Crippen LogP contribution is 2.14. The molecular formula is C9H12N4O2. The number of nitrogens with zero attached hydrogens (tertiary/aromatic N) is 2. The maximum atomic E-state index is 10.5. The first-order valence-corrected chi connectivity index (χ1v) is 4.25. The first-order valence-electron chi connectivity index (χ1n) is 4.25. The second-order valence-corrected chi connectivity index (χ2v) is 2.76. The molecule has 1 rings (SSSR count). The average Bonchev–Trinajstić information content (AvgIpc) is 2.20. The quantitative estimate of drug-likeness (QED) is 0.722. The minimum atomic E-state index is -0.401. The molecule has 0 saturated heterocycles. The lowest BCUT2D eigenvalue weighted by Crippen LogP contribution is -2.08. The van der Waals surface area contributed by atoms with Crippen molar-refractivity contribution in [3.05, 3.63) is 18.0 Å². The number of nitrogen functional groups attached to an aromatic ring is 1. The van der Waals surface area contributed by atoms with Crippen molar-refractivity contribution in [1.82, 2.24) is 9.97 Å². The summed E-state index contributed by atoms with van der Waals surface area (Å²) in [6.07, 6.45) is 4.87. The van der Waals surface area contributed by atoms with Gasteiger partial charge in [0, 0.05) is 6.42 Å². The van der Waals surface area contributed by atoms with Gasteiger partial charge in [-0.2, -0.15) is 0 Å². The van der Waals surface area contributed by atoms with Crippen LogP contribution >= 0.6 is 0 Å². The van der Waals surface area contributed by atoms with E-state index in [9.17, 15) is 4.79 Å². The summed E-state index contributed by atoms with van der Waals surface area (Å²) in [7, 11) is 1.46. The van der Waals surface area contributed by atoms with E-state index >= 15 is 0 Å². The van der Waals surface area contributed by atoms with E-state index in [4.69, 9.17) is 16.2 Å². The highest BCUT2D eigenvalue weighted by molar-refractivity contribution is 5.76. The van der Waals surface area contributed by atoms with E-state index < -0.39 is 5.91 Å². The predicted octanol–water partition coefficient (Wildman–Crippen LogP) is -0.0440. The molecule has 0 atom stereocenters. The smallest absolute Gasteiger partial charge is 0.257 e. The molecule has 0 aliphatic carbocycles. The molecule has 1 amide bonds.